The van der Waals surface area contributed by atoms with E-state index in [-0.39, 0.29) is 0 Å². The molecule has 36 valence electrons. The predicted octanol–water partition coefficient (Wildman–Crippen LogP) is 0.572. The molecule has 0 unspecified atom stereocenters. The van der Waals surface area contributed by atoms with E-state index >= 15 is 0 Å². The van der Waals surface area contributed by atoms with Gasteiger partial charge in [-0.25, -0.2) is 0 Å². The van der Waals surface area contributed by atoms with Crippen molar-refractivity contribution in [1.82, 2.24) is 10.2 Å². The first-order chi connectivity index (χ1) is 3.43. The SMILES string of the molecule is CCc1[c]n[nH][c]1. The fraction of sp³-hybridized carbons (Fsp3) is 0.400. The Bertz CT molecular complexity index is 121. The minimum Gasteiger partial charge on any atom is -0.275 e. The molecule has 1 heterocycles. The van der Waals surface area contributed by atoms with Gasteiger partial charge in [0.05, 0.1) is 6.20 Å². The number of aryl methyl sites for hydroxylation is 1. The summed E-state index contributed by atoms with van der Waals surface area (Å²) in [6.45, 7) is 2.04. The van der Waals surface area contributed by atoms with Gasteiger partial charge in [-0.15, -0.1) is 0 Å². The maximum atomic E-state index is 3.59. The highest BCUT2D eigenvalue weighted by Gasteiger charge is 1.85. The molecule has 0 aliphatic rings. The summed E-state index contributed by atoms with van der Waals surface area (Å²) in [6, 6.07) is 0. The Morgan fingerprint density at radius 2 is 2.71 bits per heavy atom. The molecule has 1 N–H and O–H groups in total. The van der Waals surface area contributed by atoms with Crippen molar-refractivity contribution >= 4 is 0 Å². The van der Waals surface area contributed by atoms with Crippen LogP contribution in [0.2, 0.25) is 0 Å². The summed E-state index contributed by atoms with van der Waals surface area (Å²) in [4.78, 5) is 0. The number of hydrogen-bond donors (Lipinski definition) is 1. The first kappa shape index (κ1) is 4.37. The van der Waals surface area contributed by atoms with Crippen molar-refractivity contribution in [3.05, 3.63) is 18.0 Å². The van der Waals surface area contributed by atoms with E-state index in [0.29, 0.717) is 0 Å². The molecule has 0 fully saturated rings. The summed E-state index contributed by atoms with van der Waals surface area (Å²) >= 11 is 0. The van der Waals surface area contributed by atoms with Crippen LogP contribution in [0.25, 0.3) is 0 Å². The summed E-state index contributed by atoms with van der Waals surface area (Å²) in [5.74, 6) is 0. The van der Waals surface area contributed by atoms with E-state index in [9.17, 15) is 0 Å². The molecule has 1 aromatic heterocycles. The monoisotopic (exact) mass is 94.1 g/mol. The van der Waals surface area contributed by atoms with E-state index in [2.05, 4.69) is 22.6 Å². The lowest BCUT2D eigenvalue weighted by atomic mass is 10.3. The molecule has 0 aromatic carbocycles. The lowest BCUT2D eigenvalue weighted by Gasteiger charge is -1.74. The second kappa shape index (κ2) is 1.78. The fourth-order valence-electron chi connectivity index (χ4n) is 0.386. The summed E-state index contributed by atoms with van der Waals surface area (Å²) in [7, 11) is 0. The van der Waals surface area contributed by atoms with Gasteiger partial charge >= 0.3 is 0 Å². The van der Waals surface area contributed by atoms with Gasteiger partial charge in [0.15, 0.2) is 0 Å². The molecular formula is C5H6N2. The Kier molecular flexibility index (Phi) is 1.11. The van der Waals surface area contributed by atoms with Gasteiger partial charge in [0.25, 0.3) is 0 Å². The van der Waals surface area contributed by atoms with Crippen molar-refractivity contribution in [2.75, 3.05) is 0 Å². The molecule has 0 saturated carbocycles. The molecule has 0 aliphatic carbocycles. The quantitative estimate of drug-likeness (QED) is 0.541. The number of H-pyrrole nitrogens is 1. The van der Waals surface area contributed by atoms with Crippen LogP contribution in [0.3, 0.4) is 0 Å². The third-order valence-electron chi connectivity index (χ3n) is 0.807. The molecule has 1 rings (SSSR count). The first-order valence-electron chi connectivity index (χ1n) is 2.26. The van der Waals surface area contributed by atoms with Gasteiger partial charge in [-0.05, 0) is 6.42 Å². The lowest BCUT2D eigenvalue weighted by Crippen LogP contribution is -1.69. The third-order valence-corrected chi connectivity index (χ3v) is 0.807. The second-order valence-electron chi connectivity index (χ2n) is 1.29. The van der Waals surface area contributed by atoms with Crippen LogP contribution in [-0.2, 0) is 6.42 Å². The number of hydrogen-bond acceptors (Lipinski definition) is 1. The topological polar surface area (TPSA) is 28.7 Å². The Morgan fingerprint density at radius 1 is 1.86 bits per heavy atom. The average molecular weight is 94.1 g/mol. The van der Waals surface area contributed by atoms with Gasteiger partial charge in [0.2, 0.25) is 0 Å². The smallest absolute Gasteiger partial charge is 0.116 e. The Labute approximate surface area is 42.6 Å². The van der Waals surface area contributed by atoms with Crippen LogP contribution < -0.4 is 0 Å². The summed E-state index contributed by atoms with van der Waals surface area (Å²) in [6.07, 6.45) is 6.48. The number of rotatable bonds is 1. The van der Waals surface area contributed by atoms with Crippen LogP contribution in [0.1, 0.15) is 12.5 Å². The highest BCUT2D eigenvalue weighted by molar-refractivity contribution is 4.96. The summed E-state index contributed by atoms with van der Waals surface area (Å²) in [5, 5.41) is 6.14. The minimum atomic E-state index is 0.955. The van der Waals surface area contributed by atoms with Gasteiger partial charge in [0, 0.05) is 5.56 Å². The molecule has 2 heteroatoms. The van der Waals surface area contributed by atoms with Crippen LogP contribution >= 0.6 is 0 Å². The lowest BCUT2D eigenvalue weighted by molar-refractivity contribution is 1.08. The summed E-state index contributed by atoms with van der Waals surface area (Å²) in [5.41, 5.74) is 1.01. The molecule has 1 aromatic rings. The van der Waals surface area contributed by atoms with Crippen LogP contribution in [0.4, 0.5) is 0 Å². The fourth-order valence-corrected chi connectivity index (χ4v) is 0.386. The van der Waals surface area contributed by atoms with Gasteiger partial charge in [0.1, 0.15) is 6.20 Å². The summed E-state index contributed by atoms with van der Waals surface area (Å²) < 4.78 is 0. The molecule has 0 atom stereocenters. The second-order valence-corrected chi connectivity index (χ2v) is 1.29. The van der Waals surface area contributed by atoms with Crippen molar-refractivity contribution in [3.63, 3.8) is 0 Å². The molecule has 0 spiro atoms. The van der Waals surface area contributed by atoms with Crippen molar-refractivity contribution in [2.45, 2.75) is 13.3 Å². The molecule has 7 heavy (non-hydrogen) atoms. The normalized spacial score (nSPS) is 9.29. The van der Waals surface area contributed by atoms with E-state index < -0.39 is 0 Å². The minimum absolute atomic E-state index is 0.955. The first-order valence-corrected chi connectivity index (χ1v) is 2.26. The van der Waals surface area contributed by atoms with E-state index in [0.717, 1.165) is 12.0 Å². The predicted molar refractivity (Wildman–Crippen MR) is 25.6 cm³/mol. The number of aromatic amines is 1. The van der Waals surface area contributed by atoms with Gasteiger partial charge in [-0.1, -0.05) is 6.92 Å². The average Bonchev–Trinajstić information content (AvgIpc) is 2.14. The van der Waals surface area contributed by atoms with Crippen molar-refractivity contribution in [3.8, 4) is 0 Å². The Hall–Kier alpha value is -0.790. The van der Waals surface area contributed by atoms with E-state index in [4.69, 9.17) is 0 Å². The molecule has 0 bridgehead atoms. The standard InChI is InChI=1S/C5H6N2/c1-2-5-3-6-7-4-5/h2H2,1H3,(H,6,7). The van der Waals surface area contributed by atoms with Crippen molar-refractivity contribution in [1.29, 1.82) is 0 Å². The zero-order valence-electron chi connectivity index (χ0n) is 4.15. The number of aromatic nitrogens is 2. The molecular weight excluding hydrogens is 88.1 g/mol. The number of nitrogens with zero attached hydrogens (tertiary/aromatic N) is 1. The zero-order valence-corrected chi connectivity index (χ0v) is 4.15. The highest BCUT2D eigenvalue weighted by atomic mass is 15.1. The van der Waals surface area contributed by atoms with E-state index in [1.165, 1.54) is 0 Å². The third kappa shape index (κ3) is 0.796. The largest absolute Gasteiger partial charge is 0.275 e. The van der Waals surface area contributed by atoms with E-state index in [1.807, 2.05) is 6.92 Å². The van der Waals surface area contributed by atoms with Crippen LogP contribution in [0, 0.1) is 12.4 Å². The van der Waals surface area contributed by atoms with Crippen LogP contribution in [0.5, 0.6) is 0 Å². The van der Waals surface area contributed by atoms with Crippen LogP contribution in [-0.4, -0.2) is 10.2 Å². The maximum absolute atomic E-state index is 3.59. The molecule has 2 nitrogen and oxygen atoms in total. The maximum Gasteiger partial charge on any atom is 0.116 e. The number of nitrogens with one attached hydrogen (secondary N) is 1. The zero-order chi connectivity index (χ0) is 5.11. The molecule has 2 radical (unpaired) electrons. The Balaban J connectivity index is 2.76. The van der Waals surface area contributed by atoms with Crippen LogP contribution in [0.15, 0.2) is 0 Å². The van der Waals surface area contributed by atoms with E-state index in [1.54, 1.807) is 0 Å². The van der Waals surface area contributed by atoms with Gasteiger partial charge < -0.3 is 0 Å². The van der Waals surface area contributed by atoms with Gasteiger partial charge in [-0.3, -0.25) is 5.10 Å². The van der Waals surface area contributed by atoms with Crippen molar-refractivity contribution < 1.29 is 0 Å². The molecule has 0 saturated heterocycles. The van der Waals surface area contributed by atoms with Gasteiger partial charge in [-0.2, -0.15) is 5.10 Å². The molecule has 0 amide bonds. The Morgan fingerprint density at radius 3 is 3.00 bits per heavy atom. The molecule has 0 aliphatic heterocycles. The highest BCUT2D eigenvalue weighted by Crippen LogP contribution is 1.88. The van der Waals surface area contributed by atoms with Crippen molar-refractivity contribution in [2.24, 2.45) is 0 Å².